The highest BCUT2D eigenvalue weighted by Crippen LogP contribution is 2.42. The molecule has 2 aliphatic heterocycles. The van der Waals surface area contributed by atoms with Crippen LogP contribution in [0, 0.1) is 0 Å². The Balaban J connectivity index is 1.91. The first-order valence-corrected chi connectivity index (χ1v) is 8.57. The first-order chi connectivity index (χ1) is 12.0. The summed E-state index contributed by atoms with van der Waals surface area (Å²) in [6.45, 7) is 3.84. The van der Waals surface area contributed by atoms with Crippen LogP contribution in [0.5, 0.6) is 0 Å². The third-order valence-corrected chi connectivity index (χ3v) is 5.04. The lowest BCUT2D eigenvalue weighted by atomic mass is 9.86. The Labute approximate surface area is 147 Å². The number of carbonyl (C=O) groups is 1. The zero-order chi connectivity index (χ0) is 17.6. The van der Waals surface area contributed by atoms with Gasteiger partial charge in [-0.05, 0) is 53.8 Å². The summed E-state index contributed by atoms with van der Waals surface area (Å²) in [6, 6.07) is 16.1. The molecule has 0 saturated carbocycles. The van der Waals surface area contributed by atoms with Crippen molar-refractivity contribution in [2.24, 2.45) is 0 Å². The number of rotatable bonds is 3. The Bertz CT molecular complexity index is 908. The van der Waals surface area contributed by atoms with Crippen LogP contribution in [0.25, 0.3) is 16.7 Å². The lowest BCUT2D eigenvalue weighted by molar-refractivity contribution is -0.128. The van der Waals surface area contributed by atoms with E-state index in [0.29, 0.717) is 5.57 Å². The smallest absolute Gasteiger partial charge is 0.199 e. The topological polar surface area (TPSA) is 46.5 Å². The van der Waals surface area contributed by atoms with Gasteiger partial charge < -0.3 is 9.84 Å². The maximum Gasteiger partial charge on any atom is 0.199 e. The predicted molar refractivity (Wildman–Crippen MR) is 98.2 cm³/mol. The summed E-state index contributed by atoms with van der Waals surface area (Å²) in [4.78, 5) is 12.9. The van der Waals surface area contributed by atoms with Crippen LogP contribution < -0.4 is 0 Å². The number of ketones is 1. The number of hydrogen-bond acceptors (Lipinski definition) is 3. The Hall–Kier alpha value is -2.65. The number of aryl methyl sites for hydroxylation is 1. The van der Waals surface area contributed by atoms with Crippen molar-refractivity contribution >= 4 is 11.4 Å². The average Bonchev–Trinajstić information content (AvgIpc) is 3.02. The lowest BCUT2D eigenvalue weighted by Gasteiger charge is -2.31. The Kier molecular flexibility index (Phi) is 3.62. The lowest BCUT2D eigenvalue weighted by Crippen LogP contribution is -2.38. The molecule has 2 aromatic carbocycles. The van der Waals surface area contributed by atoms with E-state index in [4.69, 9.17) is 4.74 Å². The van der Waals surface area contributed by atoms with Crippen molar-refractivity contribution in [1.29, 1.82) is 0 Å². The number of hydrogen-bond donors (Lipinski definition) is 1. The number of aliphatic hydroxyl groups excluding tert-OH is 1. The van der Waals surface area contributed by atoms with Crippen LogP contribution in [0.15, 0.2) is 66.4 Å². The van der Waals surface area contributed by atoms with Gasteiger partial charge in [0.25, 0.3) is 0 Å². The van der Waals surface area contributed by atoms with Gasteiger partial charge in [-0.2, -0.15) is 0 Å². The Morgan fingerprint density at radius 2 is 1.88 bits per heavy atom. The van der Waals surface area contributed by atoms with Crippen molar-refractivity contribution in [2.45, 2.75) is 32.0 Å². The molecular formula is C22H20O3. The molecular weight excluding hydrogens is 312 g/mol. The van der Waals surface area contributed by atoms with Gasteiger partial charge in [0, 0.05) is 0 Å². The molecule has 2 heterocycles. The zero-order valence-corrected chi connectivity index (χ0v) is 14.3. The van der Waals surface area contributed by atoms with Gasteiger partial charge in [-0.25, -0.2) is 0 Å². The van der Waals surface area contributed by atoms with Gasteiger partial charge in [-0.3, -0.25) is 4.79 Å². The third kappa shape index (κ3) is 2.43. The molecule has 1 N–H and O–H groups in total. The third-order valence-electron chi connectivity index (χ3n) is 5.04. The minimum absolute atomic E-state index is 0.00223. The van der Waals surface area contributed by atoms with Gasteiger partial charge in [-0.15, -0.1) is 0 Å². The molecule has 0 fully saturated rings. The van der Waals surface area contributed by atoms with E-state index in [1.165, 1.54) is 0 Å². The van der Waals surface area contributed by atoms with E-state index in [2.05, 4.69) is 13.0 Å². The number of ether oxygens (including phenoxy) is 1. The number of aliphatic hydroxyl groups is 1. The molecule has 2 aromatic rings. The summed E-state index contributed by atoms with van der Waals surface area (Å²) in [5, 5.41) is 10.8. The monoisotopic (exact) mass is 332 g/mol. The molecule has 0 aliphatic carbocycles. The standard InChI is InChI=1S/C22H20O3/c1-3-14-9-10-16(15-7-5-4-6-8-15)13-17(14)19-20(23)18-11-12-22(2,25-18)21(19)24/h4-13,18,24H,3H2,1-2H3/t18-,22-/m1/s1. The molecule has 2 bridgehead atoms. The highest BCUT2D eigenvalue weighted by atomic mass is 16.5. The fourth-order valence-electron chi connectivity index (χ4n) is 3.58. The van der Waals surface area contributed by atoms with Gasteiger partial charge in [0.1, 0.15) is 17.5 Å². The second-order valence-electron chi connectivity index (χ2n) is 6.68. The summed E-state index contributed by atoms with van der Waals surface area (Å²) in [7, 11) is 0. The zero-order valence-electron chi connectivity index (χ0n) is 14.3. The second-order valence-corrected chi connectivity index (χ2v) is 6.68. The van der Waals surface area contributed by atoms with E-state index in [9.17, 15) is 9.90 Å². The van der Waals surface area contributed by atoms with Crippen molar-refractivity contribution in [3.8, 4) is 11.1 Å². The molecule has 2 atom stereocenters. The van der Waals surface area contributed by atoms with Gasteiger partial charge in [0.2, 0.25) is 0 Å². The summed E-state index contributed by atoms with van der Waals surface area (Å²) < 4.78 is 5.68. The highest BCUT2D eigenvalue weighted by Gasteiger charge is 2.46. The van der Waals surface area contributed by atoms with Crippen molar-refractivity contribution in [3.63, 3.8) is 0 Å². The molecule has 2 aliphatic rings. The minimum Gasteiger partial charge on any atom is -0.508 e. The predicted octanol–water partition coefficient (Wildman–Crippen LogP) is 4.48. The molecule has 0 spiro atoms. The normalized spacial score (nSPS) is 24.9. The molecule has 0 aromatic heterocycles. The molecule has 0 saturated heterocycles. The molecule has 3 nitrogen and oxygen atoms in total. The fraction of sp³-hybridized carbons (Fsp3) is 0.227. The Morgan fingerprint density at radius 1 is 1.12 bits per heavy atom. The van der Waals surface area contributed by atoms with E-state index >= 15 is 0 Å². The highest BCUT2D eigenvalue weighted by molar-refractivity contribution is 6.26. The van der Waals surface area contributed by atoms with Crippen LogP contribution in [0.2, 0.25) is 0 Å². The maximum atomic E-state index is 12.9. The SMILES string of the molecule is CCc1ccc(-c2ccccc2)cc1C1=C(O)[C@@]2(C)C=C[C@@H](O2)C1=O. The number of carbonyl (C=O) groups excluding carboxylic acids is 1. The average molecular weight is 332 g/mol. The van der Waals surface area contributed by atoms with E-state index in [0.717, 1.165) is 28.7 Å². The largest absolute Gasteiger partial charge is 0.508 e. The fourth-order valence-corrected chi connectivity index (χ4v) is 3.58. The Morgan fingerprint density at radius 3 is 2.60 bits per heavy atom. The number of fused-ring (bicyclic) bond motifs is 2. The molecule has 4 rings (SSSR count). The van der Waals surface area contributed by atoms with E-state index in [-0.39, 0.29) is 11.5 Å². The first-order valence-electron chi connectivity index (χ1n) is 8.57. The van der Waals surface area contributed by atoms with E-state index in [1.807, 2.05) is 42.5 Å². The van der Waals surface area contributed by atoms with Gasteiger partial charge in [0.05, 0.1) is 5.57 Å². The number of Topliss-reactive ketones (excluding diaryl/α,β-unsaturated/α-hetero) is 1. The van der Waals surface area contributed by atoms with Crippen LogP contribution in [0.1, 0.15) is 25.0 Å². The molecule has 126 valence electrons. The van der Waals surface area contributed by atoms with Crippen LogP contribution in [-0.4, -0.2) is 22.6 Å². The maximum absolute atomic E-state index is 12.9. The van der Waals surface area contributed by atoms with Crippen LogP contribution >= 0.6 is 0 Å². The molecule has 0 unspecified atom stereocenters. The summed E-state index contributed by atoms with van der Waals surface area (Å²) >= 11 is 0. The summed E-state index contributed by atoms with van der Waals surface area (Å²) in [5.74, 6) is -0.175. The van der Waals surface area contributed by atoms with Crippen LogP contribution in [0.4, 0.5) is 0 Å². The molecule has 25 heavy (non-hydrogen) atoms. The van der Waals surface area contributed by atoms with Gasteiger partial charge >= 0.3 is 0 Å². The van der Waals surface area contributed by atoms with E-state index in [1.54, 1.807) is 19.1 Å². The quantitative estimate of drug-likeness (QED) is 0.843. The second kappa shape index (κ2) is 5.71. The summed E-state index contributed by atoms with van der Waals surface area (Å²) in [6.07, 6.45) is 3.67. The van der Waals surface area contributed by atoms with Crippen molar-refractivity contribution < 1.29 is 14.6 Å². The van der Waals surface area contributed by atoms with Crippen LogP contribution in [-0.2, 0) is 16.0 Å². The van der Waals surface area contributed by atoms with Crippen molar-refractivity contribution in [1.82, 2.24) is 0 Å². The van der Waals surface area contributed by atoms with Crippen molar-refractivity contribution in [3.05, 3.63) is 77.6 Å². The van der Waals surface area contributed by atoms with Gasteiger partial charge in [0.15, 0.2) is 5.78 Å². The van der Waals surface area contributed by atoms with Gasteiger partial charge in [-0.1, -0.05) is 49.4 Å². The first kappa shape index (κ1) is 15.9. The summed E-state index contributed by atoms with van der Waals surface area (Å²) in [5.41, 5.74) is 3.42. The van der Waals surface area contributed by atoms with Crippen LogP contribution in [0.3, 0.4) is 0 Å². The molecule has 3 heteroatoms. The van der Waals surface area contributed by atoms with Crippen molar-refractivity contribution in [2.75, 3.05) is 0 Å². The number of benzene rings is 2. The molecule has 0 radical (unpaired) electrons. The van der Waals surface area contributed by atoms with E-state index < -0.39 is 11.7 Å². The molecule has 0 amide bonds. The minimum atomic E-state index is -0.915.